The molecule has 15 nitrogen and oxygen atoms in total. The summed E-state index contributed by atoms with van der Waals surface area (Å²) in [5.41, 5.74) is 9.17. The number of benzene rings is 8. The van der Waals surface area contributed by atoms with Crippen molar-refractivity contribution in [2.45, 2.75) is 65.6 Å². The highest BCUT2D eigenvalue weighted by molar-refractivity contribution is 7.34. The highest BCUT2D eigenvalue weighted by Crippen LogP contribution is 2.39. The number of aryl methyl sites for hydroxylation is 4. The lowest BCUT2D eigenvalue weighted by molar-refractivity contribution is 0.0479. The van der Waals surface area contributed by atoms with Gasteiger partial charge in [-0.05, 0) is 185 Å². The molecule has 2 atom stereocenters. The summed E-state index contributed by atoms with van der Waals surface area (Å²) in [7, 11) is -2.18. The van der Waals surface area contributed by atoms with E-state index < -0.39 is 26.6 Å². The molecule has 2 heterocycles. The van der Waals surface area contributed by atoms with E-state index in [0.717, 1.165) is 16.7 Å². The molecule has 2 aliphatic heterocycles. The van der Waals surface area contributed by atoms with Gasteiger partial charge in [-0.1, -0.05) is 96.0 Å². The smallest absolute Gasteiger partial charge is 0.450 e. The Morgan fingerprint density at radius 1 is 0.506 bits per heavy atom. The summed E-state index contributed by atoms with van der Waals surface area (Å²) in [6.45, 7) is 8.35. The van der Waals surface area contributed by atoms with Crippen LogP contribution in [0.25, 0.3) is 0 Å². The van der Waals surface area contributed by atoms with Crippen LogP contribution in [0.15, 0.2) is 182 Å². The van der Waals surface area contributed by atoms with Crippen LogP contribution in [0.4, 0.5) is 27.5 Å². The van der Waals surface area contributed by atoms with Crippen molar-refractivity contribution in [3.8, 4) is 11.5 Å². The number of aliphatic hydroxyl groups excluding tert-OH is 1. The fraction of sp³-hybridized carbons (Fsp3) is 0.185. The average Bonchev–Trinajstić information content (AvgIpc) is 3.84. The predicted molar refractivity (Wildman–Crippen MR) is 324 cm³/mol. The first kappa shape index (κ1) is 60.3. The summed E-state index contributed by atoms with van der Waals surface area (Å²) >= 11 is 12.3. The zero-order chi connectivity index (χ0) is 59.2. The lowest BCUT2D eigenvalue weighted by atomic mass is 10.0. The monoisotopic (exact) mass is 1170 g/mol. The van der Waals surface area contributed by atoms with Crippen molar-refractivity contribution >= 4 is 84.0 Å². The first-order valence-corrected chi connectivity index (χ1v) is 28.5. The lowest BCUT2D eigenvalue weighted by Gasteiger charge is -2.25. The fourth-order valence-electron chi connectivity index (χ4n) is 9.62. The van der Waals surface area contributed by atoms with Crippen molar-refractivity contribution in [3.63, 3.8) is 0 Å². The number of rotatable bonds is 11. The number of para-hydroxylation sites is 2. The molecule has 4 amide bonds. The van der Waals surface area contributed by atoms with Crippen molar-refractivity contribution in [1.82, 2.24) is 0 Å². The van der Waals surface area contributed by atoms with Crippen LogP contribution >= 0.6 is 31.5 Å². The fourth-order valence-corrected chi connectivity index (χ4v) is 10.6. The molecule has 2 unspecified atom stereocenters. The van der Waals surface area contributed by atoms with Gasteiger partial charge in [-0.25, -0.2) is 13.8 Å². The number of amides is 4. The van der Waals surface area contributed by atoms with Gasteiger partial charge in [-0.15, -0.1) is 0 Å². The van der Waals surface area contributed by atoms with E-state index in [2.05, 4.69) is 10.6 Å². The molecule has 18 heteroatoms. The van der Waals surface area contributed by atoms with Gasteiger partial charge in [0.1, 0.15) is 6.10 Å². The molecule has 0 aromatic heterocycles. The van der Waals surface area contributed by atoms with Crippen LogP contribution in [0.3, 0.4) is 0 Å². The molecule has 8 aromatic rings. The Labute approximate surface area is 492 Å². The molecular weight excluding hydrogens is 1110 g/mol. The maximum atomic E-state index is 13.6. The first-order chi connectivity index (χ1) is 39.9. The number of hydrogen-bond donors (Lipinski definition) is 4. The molecule has 10 rings (SSSR count). The number of anilines is 4. The minimum absolute atomic E-state index is 0.142. The summed E-state index contributed by atoms with van der Waals surface area (Å²) in [5.74, 6) is 0.285. The molecule has 2 aliphatic rings. The maximum Gasteiger partial charge on any atom is 0.805 e. The van der Waals surface area contributed by atoms with Gasteiger partial charge in [0.25, 0.3) is 23.6 Å². The number of nitrogens with zero attached hydrogens (tertiary/aromatic N) is 2. The van der Waals surface area contributed by atoms with E-state index in [4.69, 9.17) is 42.1 Å². The largest absolute Gasteiger partial charge is 0.805 e. The van der Waals surface area contributed by atoms with Crippen molar-refractivity contribution in [2.24, 2.45) is 0 Å². The molecule has 0 saturated heterocycles. The van der Waals surface area contributed by atoms with Gasteiger partial charge in [0, 0.05) is 78.1 Å². The number of carboxylic acid groups (broad SMARTS) is 1. The van der Waals surface area contributed by atoms with Crippen molar-refractivity contribution in [3.05, 3.63) is 248 Å². The number of carbonyl (C=O) groups excluding carboxylic acids is 4. The Hall–Kier alpha value is -8.85. The third-order valence-corrected chi connectivity index (χ3v) is 15.0. The SMILES string of the molecule is Cc1ccccc1C(=O)Nc1ccc(C(=O)N2CCCC(O)c3cc(Cl)ccc32)c(C)c1.Cc1ccccc1C(=O)Nc1ccc(C(=O)N2CCCC(OC(=O)O)c3cc(Cl)ccc32)c(C)c1.O=[P+](Oc1ccccc1)Oc1ccccc1. The van der Waals surface area contributed by atoms with Crippen LogP contribution in [0.5, 0.6) is 11.5 Å². The van der Waals surface area contributed by atoms with Gasteiger partial charge in [-0.2, -0.15) is 0 Å². The second-order valence-corrected chi connectivity index (χ2v) is 21.3. The zero-order valence-corrected chi connectivity index (χ0v) is 48.3. The van der Waals surface area contributed by atoms with Crippen molar-refractivity contribution in [1.29, 1.82) is 0 Å². The topological polar surface area (TPSA) is 201 Å². The Bertz CT molecular complexity index is 3640. The number of nitrogens with one attached hydrogen (secondary N) is 2. The van der Waals surface area contributed by atoms with Gasteiger partial charge < -0.3 is 35.4 Å². The Morgan fingerprint density at radius 3 is 1.37 bits per heavy atom. The molecule has 0 fully saturated rings. The van der Waals surface area contributed by atoms with Crippen molar-refractivity contribution in [2.75, 3.05) is 33.5 Å². The van der Waals surface area contributed by atoms with Gasteiger partial charge in [0.05, 0.1) is 11.8 Å². The number of carbonyl (C=O) groups is 5. The van der Waals surface area contributed by atoms with Gasteiger partial charge in [0.2, 0.25) is 0 Å². The van der Waals surface area contributed by atoms with Crippen LogP contribution in [0.1, 0.15) is 113 Å². The normalized spacial score (nSPS) is 14.2. The third-order valence-electron chi connectivity index (χ3n) is 13.8. The minimum atomic E-state index is -2.18. The van der Waals surface area contributed by atoms with E-state index in [1.165, 1.54) is 0 Å². The molecule has 0 bridgehead atoms. The molecule has 0 radical (unpaired) electrons. The van der Waals surface area contributed by atoms with Crippen molar-refractivity contribution < 1.29 is 52.5 Å². The summed E-state index contributed by atoms with van der Waals surface area (Å²) in [5, 5.41) is 26.4. The zero-order valence-electron chi connectivity index (χ0n) is 45.9. The molecule has 424 valence electrons. The van der Waals surface area contributed by atoms with E-state index in [1.54, 1.807) is 143 Å². The highest BCUT2D eigenvalue weighted by Gasteiger charge is 2.31. The second-order valence-electron chi connectivity index (χ2n) is 19.6. The maximum absolute atomic E-state index is 13.6. The molecule has 4 N–H and O–H groups in total. The molecule has 0 aliphatic carbocycles. The number of ether oxygens (including phenoxy) is 1. The summed E-state index contributed by atoms with van der Waals surface area (Å²) in [6.07, 6.45) is -0.491. The molecule has 0 spiro atoms. The Morgan fingerprint density at radius 2 is 0.928 bits per heavy atom. The lowest BCUT2D eigenvalue weighted by Crippen LogP contribution is -2.32. The minimum Gasteiger partial charge on any atom is -0.450 e. The standard InChI is InChI=1S/C27H25ClN2O5.C26H25ClN2O3.C12H10O3P/c1-16-6-3-4-7-20(16)25(31)29-19-10-11-21(17(2)14-19)26(32)30-13-5-8-24(35-27(33)34)22-15-18(28)9-12-23(22)30;1-16-6-3-4-7-20(16)25(31)28-19-10-11-21(17(2)14-19)26(32)29-13-5-8-24(30)22-15-18(27)9-12-23(22)29;13-16(14-11-7-3-1-4-8-11)15-12-9-5-2-6-10-12/h3-4,6-7,9-12,14-15,24H,5,8,13H2,1-2H3,(H,29,31)(H,33,34);3-4,6-7,9-12,14-15,24,30H,5,8,13H2,1-2H3,(H,28,31);1-10H/q;;+1. The first-order valence-electron chi connectivity index (χ1n) is 26.6. The van der Waals surface area contributed by atoms with Gasteiger partial charge in [-0.3, -0.25) is 19.2 Å². The van der Waals surface area contributed by atoms with E-state index in [0.29, 0.717) is 122 Å². The summed E-state index contributed by atoms with van der Waals surface area (Å²) in [4.78, 5) is 66.9. The van der Waals surface area contributed by atoms with Crippen LogP contribution in [-0.2, 0) is 9.30 Å². The van der Waals surface area contributed by atoms with E-state index >= 15 is 0 Å². The van der Waals surface area contributed by atoms with E-state index in [1.807, 2.05) is 76.2 Å². The second kappa shape index (κ2) is 28.2. The van der Waals surface area contributed by atoms with Crippen LogP contribution in [0, 0.1) is 27.7 Å². The van der Waals surface area contributed by atoms with Crippen LogP contribution in [0.2, 0.25) is 10.0 Å². The third kappa shape index (κ3) is 15.8. The van der Waals surface area contributed by atoms with Crippen LogP contribution in [-0.4, -0.2) is 53.1 Å². The van der Waals surface area contributed by atoms with Gasteiger partial charge in [0.15, 0.2) is 11.5 Å². The molecular formula is C65H60Cl2N4O11P+. The number of aliphatic hydroxyl groups is 1. The van der Waals surface area contributed by atoms with E-state index in [-0.39, 0.29) is 23.6 Å². The number of fused-ring (bicyclic) bond motifs is 2. The van der Waals surface area contributed by atoms with Gasteiger partial charge >= 0.3 is 14.4 Å². The summed E-state index contributed by atoms with van der Waals surface area (Å²) in [6, 6.07) is 53.3. The predicted octanol–water partition coefficient (Wildman–Crippen LogP) is 15.9. The molecule has 0 saturated carbocycles. The Balaban J connectivity index is 0.000000173. The average molecular weight is 1180 g/mol. The highest BCUT2D eigenvalue weighted by atomic mass is 35.5. The van der Waals surface area contributed by atoms with Crippen LogP contribution < -0.4 is 29.5 Å². The quantitative estimate of drug-likeness (QED) is 0.0709. The number of halogens is 2. The summed E-state index contributed by atoms with van der Waals surface area (Å²) < 4.78 is 26.8. The molecule has 83 heavy (non-hydrogen) atoms. The number of hydrogen-bond acceptors (Lipinski definition) is 10. The Kier molecular flexibility index (Phi) is 20.5. The van der Waals surface area contributed by atoms with E-state index in [9.17, 15) is 33.6 Å². The molecule has 8 aromatic carbocycles.